The van der Waals surface area contributed by atoms with Gasteiger partial charge in [0, 0.05) is 6.04 Å². The van der Waals surface area contributed by atoms with Crippen LogP contribution in [0.4, 0.5) is 5.69 Å². The van der Waals surface area contributed by atoms with Gasteiger partial charge in [-0.2, -0.15) is 0 Å². The van der Waals surface area contributed by atoms with Gasteiger partial charge in [0.25, 0.3) is 0 Å². The zero-order valence-corrected chi connectivity index (χ0v) is 12.0. The molecule has 0 bridgehead atoms. The van der Waals surface area contributed by atoms with Crippen LogP contribution in [-0.4, -0.2) is 32.4 Å². The van der Waals surface area contributed by atoms with Crippen LogP contribution in [0.25, 0.3) is 0 Å². The number of nitrogens with zero attached hydrogens (tertiary/aromatic N) is 1. The van der Waals surface area contributed by atoms with Crippen molar-refractivity contribution < 1.29 is 13.5 Å². The molecular weight excluding hydrogens is 264 g/mol. The Morgan fingerprint density at radius 1 is 1.53 bits per heavy atom. The Bertz CT molecular complexity index is 571. The number of fused-ring (bicyclic) bond motifs is 1. The van der Waals surface area contributed by atoms with Gasteiger partial charge in [-0.05, 0) is 43.5 Å². The summed E-state index contributed by atoms with van der Waals surface area (Å²) in [5.41, 5.74) is 7.92. The summed E-state index contributed by atoms with van der Waals surface area (Å²) in [6.07, 6.45) is 1.81. The Kier molecular flexibility index (Phi) is 3.85. The maximum absolute atomic E-state index is 11.8. The van der Waals surface area contributed by atoms with Crippen molar-refractivity contribution in [2.75, 3.05) is 17.1 Å². The minimum absolute atomic E-state index is 0.0769. The summed E-state index contributed by atoms with van der Waals surface area (Å²) in [5, 5.41) is 9.93. The lowest BCUT2D eigenvalue weighted by Crippen LogP contribution is -2.34. The first-order valence-corrected chi connectivity index (χ1v) is 8.19. The Morgan fingerprint density at radius 3 is 2.79 bits per heavy atom. The molecule has 0 amide bonds. The highest BCUT2D eigenvalue weighted by atomic mass is 32.2. The summed E-state index contributed by atoms with van der Waals surface area (Å²) in [7, 11) is -3.26. The number of hydrogen-bond donors (Lipinski definition) is 2. The van der Waals surface area contributed by atoms with Gasteiger partial charge in [0.2, 0.25) is 10.0 Å². The molecule has 1 aromatic rings. The van der Waals surface area contributed by atoms with Gasteiger partial charge in [0.05, 0.1) is 18.0 Å². The molecule has 1 aliphatic heterocycles. The Balaban J connectivity index is 2.37. The number of nitrogens with two attached hydrogens (primary N) is 1. The second-order valence-electron chi connectivity index (χ2n) is 5.09. The van der Waals surface area contributed by atoms with Crippen molar-refractivity contribution in [2.45, 2.75) is 31.9 Å². The van der Waals surface area contributed by atoms with Crippen molar-refractivity contribution in [3.63, 3.8) is 0 Å². The summed E-state index contributed by atoms with van der Waals surface area (Å²) in [6, 6.07) is 5.36. The van der Waals surface area contributed by atoms with Crippen molar-refractivity contribution in [1.82, 2.24) is 0 Å². The molecule has 106 valence electrons. The number of anilines is 1. The predicted octanol–water partition coefficient (Wildman–Crippen LogP) is 0.779. The number of rotatable bonds is 4. The first-order chi connectivity index (χ1) is 8.84. The molecule has 6 heteroatoms. The number of aliphatic hydroxyl groups excluding tert-OH is 1. The van der Waals surface area contributed by atoms with Crippen LogP contribution in [0.2, 0.25) is 0 Å². The Morgan fingerprint density at radius 2 is 2.21 bits per heavy atom. The third-order valence-corrected chi connectivity index (χ3v) is 4.71. The zero-order valence-electron chi connectivity index (χ0n) is 11.2. The first-order valence-electron chi connectivity index (χ1n) is 6.35. The molecule has 0 aromatic heterocycles. The highest BCUT2D eigenvalue weighted by molar-refractivity contribution is 7.92. The summed E-state index contributed by atoms with van der Waals surface area (Å²) in [5.74, 6) is 0. The van der Waals surface area contributed by atoms with E-state index in [-0.39, 0.29) is 6.04 Å². The van der Waals surface area contributed by atoms with Crippen LogP contribution in [-0.2, 0) is 16.4 Å². The largest absolute Gasteiger partial charge is 0.388 e. The lowest BCUT2D eigenvalue weighted by Gasteiger charge is -2.22. The lowest BCUT2D eigenvalue weighted by molar-refractivity contribution is 0.170. The Hall–Kier alpha value is -1.11. The summed E-state index contributed by atoms with van der Waals surface area (Å²) in [6.45, 7) is 2.31. The quantitative estimate of drug-likeness (QED) is 0.856. The molecule has 0 aliphatic carbocycles. The minimum Gasteiger partial charge on any atom is -0.388 e. The van der Waals surface area contributed by atoms with Gasteiger partial charge in [-0.3, -0.25) is 4.31 Å². The van der Waals surface area contributed by atoms with Crippen molar-refractivity contribution in [3.05, 3.63) is 29.3 Å². The van der Waals surface area contributed by atoms with Crippen molar-refractivity contribution in [3.8, 4) is 0 Å². The van der Waals surface area contributed by atoms with Crippen molar-refractivity contribution in [2.24, 2.45) is 5.73 Å². The van der Waals surface area contributed by atoms with Gasteiger partial charge in [-0.15, -0.1) is 0 Å². The van der Waals surface area contributed by atoms with Crippen LogP contribution in [0.1, 0.15) is 30.6 Å². The monoisotopic (exact) mass is 284 g/mol. The van der Waals surface area contributed by atoms with Crippen LogP contribution in [0, 0.1) is 0 Å². The predicted molar refractivity (Wildman–Crippen MR) is 75.6 cm³/mol. The van der Waals surface area contributed by atoms with Gasteiger partial charge in [-0.25, -0.2) is 8.42 Å². The van der Waals surface area contributed by atoms with Gasteiger partial charge in [0.15, 0.2) is 0 Å². The van der Waals surface area contributed by atoms with Crippen LogP contribution < -0.4 is 10.0 Å². The van der Waals surface area contributed by atoms with E-state index in [1.807, 2.05) is 13.0 Å². The van der Waals surface area contributed by atoms with Crippen LogP contribution in [0.3, 0.4) is 0 Å². The van der Waals surface area contributed by atoms with Crippen molar-refractivity contribution >= 4 is 15.7 Å². The molecule has 2 atom stereocenters. The highest BCUT2D eigenvalue weighted by Crippen LogP contribution is 2.35. The van der Waals surface area contributed by atoms with Gasteiger partial charge >= 0.3 is 0 Å². The third-order valence-electron chi connectivity index (χ3n) is 3.44. The fourth-order valence-electron chi connectivity index (χ4n) is 2.66. The first kappa shape index (κ1) is 14.3. The van der Waals surface area contributed by atoms with E-state index in [1.54, 1.807) is 12.1 Å². The number of benzene rings is 1. The fourth-order valence-corrected chi connectivity index (χ4v) is 3.92. The van der Waals surface area contributed by atoms with E-state index in [0.29, 0.717) is 19.4 Å². The van der Waals surface area contributed by atoms with E-state index >= 15 is 0 Å². The summed E-state index contributed by atoms with van der Waals surface area (Å²) < 4.78 is 25.0. The van der Waals surface area contributed by atoms with E-state index in [1.165, 1.54) is 10.6 Å². The molecular formula is C13H20N2O3S. The SMILES string of the molecule is CC1Cc2cc(C(O)CCN)ccc2N1S(C)(=O)=O. The van der Waals surface area contributed by atoms with E-state index in [4.69, 9.17) is 5.73 Å². The minimum atomic E-state index is -3.26. The Labute approximate surface area is 114 Å². The molecule has 1 aromatic carbocycles. The normalized spacial score (nSPS) is 20.4. The highest BCUT2D eigenvalue weighted by Gasteiger charge is 2.32. The molecule has 2 rings (SSSR count). The third kappa shape index (κ3) is 2.75. The average Bonchev–Trinajstić information content (AvgIpc) is 2.63. The van der Waals surface area contributed by atoms with Crippen LogP contribution in [0.15, 0.2) is 18.2 Å². The van der Waals surface area contributed by atoms with Gasteiger partial charge in [0.1, 0.15) is 0 Å². The van der Waals surface area contributed by atoms with E-state index in [9.17, 15) is 13.5 Å². The molecule has 0 saturated carbocycles. The topological polar surface area (TPSA) is 83.6 Å². The molecule has 5 nitrogen and oxygen atoms in total. The molecule has 2 unspecified atom stereocenters. The maximum Gasteiger partial charge on any atom is 0.232 e. The number of sulfonamides is 1. The van der Waals surface area contributed by atoms with Crippen molar-refractivity contribution in [1.29, 1.82) is 0 Å². The maximum atomic E-state index is 11.8. The fraction of sp³-hybridized carbons (Fsp3) is 0.538. The second-order valence-corrected chi connectivity index (χ2v) is 6.95. The smallest absolute Gasteiger partial charge is 0.232 e. The molecule has 0 spiro atoms. The molecule has 0 fully saturated rings. The van der Waals surface area contributed by atoms with E-state index in [2.05, 4.69) is 0 Å². The van der Waals surface area contributed by atoms with Crippen LogP contribution >= 0.6 is 0 Å². The lowest BCUT2D eigenvalue weighted by atomic mass is 10.0. The van der Waals surface area contributed by atoms with Crippen LogP contribution in [0.5, 0.6) is 0 Å². The summed E-state index contributed by atoms with van der Waals surface area (Å²) in [4.78, 5) is 0. The zero-order chi connectivity index (χ0) is 14.2. The number of aliphatic hydroxyl groups is 1. The number of hydrogen-bond acceptors (Lipinski definition) is 4. The van der Waals surface area contributed by atoms with E-state index in [0.717, 1.165) is 16.8 Å². The standard InChI is InChI=1S/C13H20N2O3S/c1-9-7-11-8-10(13(16)5-6-14)3-4-12(11)15(9)19(2,17)18/h3-4,8-9,13,16H,5-7,14H2,1-2H3. The molecule has 19 heavy (non-hydrogen) atoms. The average molecular weight is 284 g/mol. The molecule has 0 saturated heterocycles. The molecule has 1 aliphatic rings. The van der Waals surface area contributed by atoms with Gasteiger partial charge in [-0.1, -0.05) is 12.1 Å². The second kappa shape index (κ2) is 5.11. The molecule has 3 N–H and O–H groups in total. The van der Waals surface area contributed by atoms with E-state index < -0.39 is 16.1 Å². The van der Waals surface area contributed by atoms with Gasteiger partial charge < -0.3 is 10.8 Å². The summed E-state index contributed by atoms with van der Waals surface area (Å²) >= 11 is 0. The molecule has 0 radical (unpaired) electrons. The molecule has 1 heterocycles.